The van der Waals surface area contributed by atoms with E-state index in [0.29, 0.717) is 36.8 Å². The van der Waals surface area contributed by atoms with E-state index in [4.69, 9.17) is 14.2 Å². The predicted molar refractivity (Wildman–Crippen MR) is 168 cm³/mol. The van der Waals surface area contributed by atoms with Crippen LogP contribution in [0, 0.1) is 17.8 Å². The van der Waals surface area contributed by atoms with E-state index in [2.05, 4.69) is 11.4 Å². The van der Waals surface area contributed by atoms with Crippen LogP contribution in [0.1, 0.15) is 74.5 Å². The molecule has 9 nitrogen and oxygen atoms in total. The summed E-state index contributed by atoms with van der Waals surface area (Å²) in [4.78, 5) is 25.9. The zero-order valence-electron chi connectivity index (χ0n) is 26.3. The lowest BCUT2D eigenvalue weighted by Gasteiger charge is -2.39. The van der Waals surface area contributed by atoms with Crippen LogP contribution in [0.4, 0.5) is 0 Å². The number of methoxy groups -OCH3 is 2. The molecule has 5 atom stereocenters. The molecule has 44 heavy (non-hydrogen) atoms. The van der Waals surface area contributed by atoms with E-state index >= 15 is 0 Å². The Morgan fingerprint density at radius 3 is 2.48 bits per heavy atom. The molecule has 0 spiro atoms. The molecule has 0 aromatic heterocycles. The highest BCUT2D eigenvalue weighted by Crippen LogP contribution is 2.51. The van der Waals surface area contributed by atoms with Gasteiger partial charge in [0.25, 0.3) is 0 Å². The van der Waals surface area contributed by atoms with E-state index < -0.39 is 12.1 Å². The second kappa shape index (κ2) is 15.4. The molecule has 0 bridgehead atoms. The fourth-order valence-electron chi connectivity index (χ4n) is 7.18. The molecule has 0 aliphatic heterocycles. The number of phenolic OH excluding ortho intramolecular Hbond substituents is 2. The number of carbonyl (C=O) groups excluding carboxylic acids is 2. The molecule has 4 N–H and O–H groups in total. The van der Waals surface area contributed by atoms with Gasteiger partial charge in [-0.05, 0) is 116 Å². The highest BCUT2D eigenvalue weighted by atomic mass is 16.5. The van der Waals surface area contributed by atoms with Crippen LogP contribution in [0.25, 0.3) is 5.57 Å². The number of allylic oxidation sites excluding steroid dienone is 1. The molecule has 9 heteroatoms. The minimum atomic E-state index is -0.596. The largest absolute Gasteiger partial charge is 0.504 e. The second-order valence-electron chi connectivity index (χ2n) is 12.2. The highest BCUT2D eigenvalue weighted by Gasteiger charge is 2.40. The van der Waals surface area contributed by atoms with Crippen molar-refractivity contribution in [2.24, 2.45) is 17.8 Å². The first kappa shape index (κ1) is 33.3. The fourth-order valence-corrected chi connectivity index (χ4v) is 7.18. The lowest BCUT2D eigenvalue weighted by Crippen LogP contribution is -2.31. The van der Waals surface area contributed by atoms with Crippen LogP contribution in [0.15, 0.2) is 36.4 Å². The Morgan fingerprint density at radius 1 is 1.05 bits per heavy atom. The third kappa shape index (κ3) is 8.12. The molecule has 4 rings (SSSR count). The van der Waals surface area contributed by atoms with Crippen molar-refractivity contribution in [2.45, 2.75) is 70.3 Å². The van der Waals surface area contributed by atoms with Crippen LogP contribution >= 0.6 is 0 Å². The molecule has 0 saturated heterocycles. The molecule has 0 radical (unpaired) electrons. The van der Waals surface area contributed by atoms with Crippen molar-refractivity contribution in [1.29, 1.82) is 0 Å². The van der Waals surface area contributed by atoms with Crippen LogP contribution < -0.4 is 14.8 Å². The van der Waals surface area contributed by atoms with Gasteiger partial charge < -0.3 is 34.8 Å². The van der Waals surface area contributed by atoms with Crippen molar-refractivity contribution in [1.82, 2.24) is 5.32 Å². The number of rotatable bonds is 14. The number of esters is 1. The standard InChI is InChI=1S/C35H47NO8/c1-21(38)44-27(9-6-22-7-10-32(40)34(14-22)42-3)16-26(39)17-30-28-13-23(11-12-37)5-8-24(28)15-25(20-36-2)29-18-33(41)35(43-4)19-31(29)30/h7,10,14-15,18-19,23-24,27-28,30,36-37,40-41H,5-6,8-9,11-13,16-17,20H2,1-4H3. The molecule has 0 heterocycles. The van der Waals surface area contributed by atoms with Gasteiger partial charge >= 0.3 is 5.97 Å². The van der Waals surface area contributed by atoms with E-state index in [1.807, 2.05) is 13.1 Å². The van der Waals surface area contributed by atoms with Crippen LogP contribution in [-0.4, -0.2) is 67.6 Å². The number of nitrogens with one attached hydrogen (secondary N) is 1. The maximum Gasteiger partial charge on any atom is 0.302 e. The van der Waals surface area contributed by atoms with Gasteiger partial charge in [-0.1, -0.05) is 12.1 Å². The van der Waals surface area contributed by atoms with E-state index in [-0.39, 0.29) is 54.5 Å². The second-order valence-corrected chi connectivity index (χ2v) is 12.2. The van der Waals surface area contributed by atoms with E-state index in [0.717, 1.165) is 47.9 Å². The number of ketones is 1. The summed E-state index contributed by atoms with van der Waals surface area (Å²) in [6.07, 6.45) is 6.68. The Bertz CT molecular complexity index is 1340. The molecule has 2 aromatic carbocycles. The van der Waals surface area contributed by atoms with Crippen LogP contribution in [0.2, 0.25) is 0 Å². The van der Waals surface area contributed by atoms with Gasteiger partial charge in [-0.3, -0.25) is 9.59 Å². The van der Waals surface area contributed by atoms with Gasteiger partial charge in [0.1, 0.15) is 11.9 Å². The summed E-state index contributed by atoms with van der Waals surface area (Å²) in [5.41, 5.74) is 3.89. The summed E-state index contributed by atoms with van der Waals surface area (Å²) in [5.74, 6) is 1.06. The maximum atomic E-state index is 13.9. The highest BCUT2D eigenvalue weighted by molar-refractivity contribution is 5.82. The molecular formula is C35H47NO8. The quantitative estimate of drug-likeness (QED) is 0.215. The van der Waals surface area contributed by atoms with Crippen molar-refractivity contribution >= 4 is 17.3 Å². The number of Topliss-reactive ketones (excluding diaryl/α,β-unsaturated/α-hetero) is 1. The fraction of sp³-hybridized carbons (Fsp3) is 0.543. The minimum absolute atomic E-state index is 0.00243. The summed E-state index contributed by atoms with van der Waals surface area (Å²) >= 11 is 0. The third-order valence-corrected chi connectivity index (χ3v) is 9.23. The first-order chi connectivity index (χ1) is 21.2. The predicted octanol–water partition coefficient (Wildman–Crippen LogP) is 5.14. The number of fused-ring (bicyclic) bond motifs is 2. The van der Waals surface area contributed by atoms with Crippen molar-refractivity contribution in [3.63, 3.8) is 0 Å². The zero-order chi connectivity index (χ0) is 31.8. The number of aromatic hydroxyl groups is 2. The third-order valence-electron chi connectivity index (χ3n) is 9.23. The van der Waals surface area contributed by atoms with Gasteiger partial charge in [0.2, 0.25) is 0 Å². The SMILES string of the molecule is CNCC1=CC2CCC(CCO)CC2C(CC(=O)CC(CCc2ccc(O)c(OC)c2)OC(C)=O)c2cc(OC)c(O)cc21. The number of carbonyl (C=O) groups is 2. The van der Waals surface area contributed by atoms with Gasteiger partial charge in [-0.25, -0.2) is 0 Å². The average Bonchev–Trinajstić information content (AvgIpc) is 3.10. The van der Waals surface area contributed by atoms with Gasteiger partial charge in [0.15, 0.2) is 23.0 Å². The van der Waals surface area contributed by atoms with Crippen LogP contribution in [0.3, 0.4) is 0 Å². The van der Waals surface area contributed by atoms with Crippen molar-refractivity contribution < 1.29 is 39.1 Å². The number of phenols is 2. The monoisotopic (exact) mass is 609 g/mol. The molecule has 1 fully saturated rings. The number of likely N-dealkylation sites (N-methyl/N-ethyl adjacent to an activating group) is 1. The number of hydrogen-bond acceptors (Lipinski definition) is 9. The molecule has 0 amide bonds. The van der Waals surface area contributed by atoms with Gasteiger partial charge in [0, 0.05) is 32.9 Å². The molecule has 2 aliphatic carbocycles. The average molecular weight is 610 g/mol. The summed E-state index contributed by atoms with van der Waals surface area (Å²) in [6.45, 7) is 2.12. The van der Waals surface area contributed by atoms with Gasteiger partial charge in [0.05, 0.1) is 14.2 Å². The number of aliphatic hydroxyl groups is 1. The lowest BCUT2D eigenvalue weighted by molar-refractivity contribution is -0.147. The summed E-state index contributed by atoms with van der Waals surface area (Å²) in [7, 11) is 4.91. The number of aliphatic hydroxyl groups excluding tert-OH is 1. The smallest absolute Gasteiger partial charge is 0.302 e. The molecule has 5 unspecified atom stereocenters. The van der Waals surface area contributed by atoms with Gasteiger partial charge in [-0.2, -0.15) is 0 Å². The Morgan fingerprint density at radius 2 is 1.80 bits per heavy atom. The maximum absolute atomic E-state index is 13.9. The van der Waals surface area contributed by atoms with Crippen LogP contribution in [-0.2, 0) is 20.7 Å². The molecule has 2 aromatic rings. The first-order valence-corrected chi connectivity index (χ1v) is 15.6. The van der Waals surface area contributed by atoms with E-state index in [1.54, 1.807) is 24.3 Å². The summed E-state index contributed by atoms with van der Waals surface area (Å²) in [5, 5.41) is 33.7. The molecule has 1 saturated carbocycles. The van der Waals surface area contributed by atoms with E-state index in [9.17, 15) is 24.9 Å². The minimum Gasteiger partial charge on any atom is -0.504 e. The topological polar surface area (TPSA) is 135 Å². The normalized spacial score (nSPS) is 21.7. The first-order valence-electron chi connectivity index (χ1n) is 15.6. The number of hydrogen-bond donors (Lipinski definition) is 4. The number of benzene rings is 2. The zero-order valence-corrected chi connectivity index (χ0v) is 26.3. The van der Waals surface area contributed by atoms with Crippen molar-refractivity contribution in [3.05, 3.63) is 53.1 Å². The molecule has 2 aliphatic rings. The molecular weight excluding hydrogens is 562 g/mol. The van der Waals surface area contributed by atoms with Crippen molar-refractivity contribution in [3.8, 4) is 23.0 Å². The number of aryl methyl sites for hydroxylation is 1. The molecule has 240 valence electrons. The number of ether oxygens (including phenoxy) is 3. The van der Waals surface area contributed by atoms with E-state index in [1.165, 1.54) is 21.1 Å². The Labute approximate surface area is 260 Å². The van der Waals surface area contributed by atoms with Crippen molar-refractivity contribution in [2.75, 3.05) is 34.4 Å². The summed E-state index contributed by atoms with van der Waals surface area (Å²) in [6, 6.07) is 8.74. The summed E-state index contributed by atoms with van der Waals surface area (Å²) < 4.78 is 16.4. The lowest BCUT2D eigenvalue weighted by atomic mass is 9.65. The Balaban J connectivity index is 1.63. The van der Waals surface area contributed by atoms with Gasteiger partial charge in [-0.15, -0.1) is 0 Å². The van der Waals surface area contributed by atoms with Crippen LogP contribution in [0.5, 0.6) is 23.0 Å². The Hall–Kier alpha value is -3.56. The Kier molecular flexibility index (Phi) is 11.7.